The van der Waals surface area contributed by atoms with Crippen molar-refractivity contribution in [2.24, 2.45) is 5.92 Å². The first-order chi connectivity index (χ1) is 9.30. The highest BCUT2D eigenvalue weighted by Gasteiger charge is 2.41. The summed E-state index contributed by atoms with van der Waals surface area (Å²) in [5.74, 6) is 1.61. The van der Waals surface area contributed by atoms with E-state index in [9.17, 15) is 5.11 Å². The van der Waals surface area contributed by atoms with E-state index < -0.39 is 0 Å². The molecule has 1 aliphatic carbocycles. The van der Waals surface area contributed by atoms with E-state index in [4.69, 9.17) is 0 Å². The van der Waals surface area contributed by atoms with Crippen LogP contribution in [0.5, 0.6) is 0 Å². The first-order valence-corrected chi connectivity index (χ1v) is 8.04. The summed E-state index contributed by atoms with van der Waals surface area (Å²) in [5, 5.41) is 14.2. The topological polar surface area (TPSA) is 58.0 Å². The van der Waals surface area contributed by atoms with Crippen molar-refractivity contribution >= 4 is 11.8 Å². The van der Waals surface area contributed by atoms with Crippen LogP contribution in [0.4, 0.5) is 0 Å². The molecule has 2 unspecified atom stereocenters. The highest BCUT2D eigenvalue weighted by atomic mass is 32.2. The van der Waals surface area contributed by atoms with E-state index in [2.05, 4.69) is 22.2 Å². The average molecular weight is 281 g/mol. The maximum absolute atomic E-state index is 9.74. The summed E-state index contributed by atoms with van der Waals surface area (Å²) in [4.78, 5) is 8.34. The second-order valence-corrected chi connectivity index (χ2v) is 6.23. The zero-order chi connectivity index (χ0) is 13.6. The van der Waals surface area contributed by atoms with Crippen LogP contribution in [0.2, 0.25) is 0 Å². The maximum Gasteiger partial charge on any atom is 0.114 e. The molecule has 1 aromatic rings. The Morgan fingerprint density at radius 2 is 2.42 bits per heavy atom. The molecular weight excluding hydrogens is 258 g/mol. The Kier molecular flexibility index (Phi) is 5.60. The van der Waals surface area contributed by atoms with Crippen molar-refractivity contribution in [3.8, 4) is 0 Å². The quantitative estimate of drug-likeness (QED) is 0.750. The fraction of sp³-hybridized carbons (Fsp3) is 0.714. The van der Waals surface area contributed by atoms with Gasteiger partial charge in [0.25, 0.3) is 0 Å². The first kappa shape index (κ1) is 14.8. The van der Waals surface area contributed by atoms with Gasteiger partial charge in [-0.2, -0.15) is 0 Å². The molecule has 5 heteroatoms. The van der Waals surface area contributed by atoms with Crippen LogP contribution in [0.15, 0.2) is 23.6 Å². The Labute approximate surface area is 119 Å². The average Bonchev–Trinajstić information content (AvgIpc) is 2.84. The summed E-state index contributed by atoms with van der Waals surface area (Å²) in [6, 6.07) is 0. The highest BCUT2D eigenvalue weighted by Crippen LogP contribution is 2.38. The van der Waals surface area contributed by atoms with Gasteiger partial charge >= 0.3 is 0 Å². The Morgan fingerprint density at radius 1 is 1.53 bits per heavy atom. The van der Waals surface area contributed by atoms with E-state index in [0.29, 0.717) is 5.92 Å². The predicted molar refractivity (Wildman–Crippen MR) is 78.2 cm³/mol. The molecule has 0 saturated heterocycles. The van der Waals surface area contributed by atoms with E-state index >= 15 is 0 Å². The van der Waals surface area contributed by atoms with Gasteiger partial charge in [0.2, 0.25) is 0 Å². The number of aromatic nitrogens is 2. The van der Waals surface area contributed by atoms with Gasteiger partial charge in [0.05, 0.1) is 12.8 Å². The predicted octanol–water partition coefficient (Wildman–Crippen LogP) is 2.10. The Bertz CT molecular complexity index is 376. The minimum Gasteiger partial charge on any atom is -0.394 e. The van der Waals surface area contributed by atoms with E-state index in [0.717, 1.165) is 30.2 Å². The molecule has 1 saturated carbocycles. The van der Waals surface area contributed by atoms with Gasteiger partial charge in [-0.15, -0.1) is 11.8 Å². The molecule has 19 heavy (non-hydrogen) atoms. The van der Waals surface area contributed by atoms with E-state index in [1.165, 1.54) is 12.8 Å². The van der Waals surface area contributed by atoms with Crippen LogP contribution in [-0.4, -0.2) is 39.5 Å². The fourth-order valence-electron chi connectivity index (χ4n) is 3.08. The van der Waals surface area contributed by atoms with Gasteiger partial charge < -0.3 is 10.4 Å². The van der Waals surface area contributed by atoms with Crippen molar-refractivity contribution in [1.29, 1.82) is 0 Å². The third kappa shape index (κ3) is 3.68. The molecular formula is C14H23N3OS. The molecule has 0 radical (unpaired) electrons. The summed E-state index contributed by atoms with van der Waals surface area (Å²) in [5.41, 5.74) is -0.0440. The van der Waals surface area contributed by atoms with E-state index in [-0.39, 0.29) is 12.1 Å². The van der Waals surface area contributed by atoms with Crippen molar-refractivity contribution in [2.75, 3.05) is 18.9 Å². The molecule has 2 atom stereocenters. The van der Waals surface area contributed by atoms with Crippen LogP contribution in [-0.2, 0) is 0 Å². The maximum atomic E-state index is 9.74. The largest absolute Gasteiger partial charge is 0.394 e. The van der Waals surface area contributed by atoms with Crippen LogP contribution in [0, 0.1) is 5.92 Å². The third-order valence-corrected chi connectivity index (χ3v) is 4.97. The SMILES string of the molecule is CCNC1(CO)CCCC1CCSc1cnccn1. The minimum atomic E-state index is -0.0440. The second-order valence-electron chi connectivity index (χ2n) is 5.11. The molecule has 1 aromatic heterocycles. The Morgan fingerprint density at radius 3 is 3.11 bits per heavy atom. The lowest BCUT2D eigenvalue weighted by Gasteiger charge is -2.34. The van der Waals surface area contributed by atoms with Crippen LogP contribution >= 0.6 is 11.8 Å². The smallest absolute Gasteiger partial charge is 0.114 e. The normalized spacial score (nSPS) is 26.7. The van der Waals surface area contributed by atoms with Crippen LogP contribution in [0.1, 0.15) is 32.6 Å². The molecule has 1 fully saturated rings. The van der Waals surface area contributed by atoms with Crippen molar-refractivity contribution in [3.05, 3.63) is 18.6 Å². The first-order valence-electron chi connectivity index (χ1n) is 7.05. The molecule has 0 amide bonds. The molecule has 1 aliphatic rings. The molecule has 0 bridgehead atoms. The number of likely N-dealkylation sites (N-methyl/N-ethyl adjacent to an activating group) is 1. The molecule has 1 heterocycles. The molecule has 0 aromatic carbocycles. The van der Waals surface area contributed by atoms with Crippen molar-refractivity contribution in [2.45, 2.75) is 43.2 Å². The highest BCUT2D eigenvalue weighted by molar-refractivity contribution is 7.99. The lowest BCUT2D eigenvalue weighted by atomic mass is 9.86. The number of nitrogens with zero attached hydrogens (tertiary/aromatic N) is 2. The van der Waals surface area contributed by atoms with Crippen molar-refractivity contribution in [1.82, 2.24) is 15.3 Å². The lowest BCUT2D eigenvalue weighted by molar-refractivity contribution is 0.124. The summed E-state index contributed by atoms with van der Waals surface area (Å²) < 4.78 is 0. The number of hydrogen-bond donors (Lipinski definition) is 2. The summed E-state index contributed by atoms with van der Waals surface area (Å²) >= 11 is 1.75. The van der Waals surface area contributed by atoms with Crippen LogP contribution in [0.3, 0.4) is 0 Å². The number of thioether (sulfide) groups is 1. The van der Waals surface area contributed by atoms with Crippen molar-refractivity contribution < 1.29 is 5.11 Å². The molecule has 2 N–H and O–H groups in total. The van der Waals surface area contributed by atoms with Gasteiger partial charge in [-0.25, -0.2) is 4.98 Å². The summed E-state index contributed by atoms with van der Waals surface area (Å²) in [6.45, 7) is 3.29. The second kappa shape index (κ2) is 7.22. The van der Waals surface area contributed by atoms with Gasteiger partial charge in [0.15, 0.2) is 0 Å². The Balaban J connectivity index is 1.84. The number of aliphatic hydroxyl groups is 1. The molecule has 0 aliphatic heterocycles. The van der Waals surface area contributed by atoms with Crippen LogP contribution < -0.4 is 5.32 Å². The monoisotopic (exact) mass is 281 g/mol. The fourth-order valence-corrected chi connectivity index (χ4v) is 3.96. The molecule has 0 spiro atoms. The lowest BCUT2D eigenvalue weighted by Crippen LogP contribution is -2.51. The van der Waals surface area contributed by atoms with Gasteiger partial charge in [0, 0.05) is 17.9 Å². The van der Waals surface area contributed by atoms with Crippen molar-refractivity contribution in [3.63, 3.8) is 0 Å². The number of nitrogens with one attached hydrogen (secondary N) is 1. The number of rotatable bonds is 7. The standard InChI is InChI=1S/C14H23N3OS/c1-2-17-14(11-18)6-3-4-12(14)5-9-19-13-10-15-7-8-16-13/h7-8,10,12,17-18H,2-6,9,11H2,1H3. The molecule has 2 rings (SSSR count). The van der Waals surface area contributed by atoms with Gasteiger partial charge in [-0.3, -0.25) is 4.98 Å². The van der Waals surface area contributed by atoms with Crippen LogP contribution in [0.25, 0.3) is 0 Å². The van der Waals surface area contributed by atoms with Gasteiger partial charge in [-0.1, -0.05) is 13.3 Å². The minimum absolute atomic E-state index is 0.0440. The zero-order valence-corrected chi connectivity index (χ0v) is 12.3. The van der Waals surface area contributed by atoms with Gasteiger partial charge in [0.1, 0.15) is 5.03 Å². The molecule has 4 nitrogen and oxygen atoms in total. The number of aliphatic hydroxyl groups excluding tert-OH is 1. The number of hydrogen-bond acceptors (Lipinski definition) is 5. The summed E-state index contributed by atoms with van der Waals surface area (Å²) in [6.07, 6.45) is 9.88. The van der Waals surface area contributed by atoms with Gasteiger partial charge in [-0.05, 0) is 37.5 Å². The zero-order valence-electron chi connectivity index (χ0n) is 11.5. The summed E-state index contributed by atoms with van der Waals surface area (Å²) in [7, 11) is 0. The van der Waals surface area contributed by atoms with E-state index in [1.807, 2.05) is 6.20 Å². The molecule has 106 valence electrons. The Hall–Kier alpha value is -0.650. The third-order valence-electron chi connectivity index (χ3n) is 4.02. The van der Waals surface area contributed by atoms with E-state index in [1.54, 1.807) is 24.2 Å².